The molecule has 0 bridgehead atoms. The molecule has 1 aromatic carbocycles. The van der Waals surface area contributed by atoms with Crippen LogP contribution in [0.2, 0.25) is 0 Å². The average molecular weight is 297 g/mol. The number of hydrogen-bond donors (Lipinski definition) is 1. The van der Waals surface area contributed by atoms with E-state index < -0.39 is 12.1 Å². The van der Waals surface area contributed by atoms with Crippen molar-refractivity contribution in [3.63, 3.8) is 0 Å². The zero-order valence-electron chi connectivity index (χ0n) is 11.8. The smallest absolute Gasteiger partial charge is 0.338 e. The number of hydrogen-bond acceptors (Lipinski definition) is 5. The summed E-state index contributed by atoms with van der Waals surface area (Å²) in [6.07, 6.45) is 1.12. The first kappa shape index (κ1) is 16.5. The van der Waals surface area contributed by atoms with Gasteiger partial charge in [0.2, 0.25) is 0 Å². The van der Waals surface area contributed by atoms with E-state index >= 15 is 0 Å². The maximum Gasteiger partial charge on any atom is 0.338 e. The second-order valence-electron chi connectivity index (χ2n) is 4.06. The normalized spacial score (nSPS) is 11.8. The van der Waals surface area contributed by atoms with E-state index in [1.54, 1.807) is 31.0 Å². The Bertz CT molecular complexity index is 447. The SMILES string of the molecule is COCCNC(=O)[C@H](C)OC(=O)c1ccc(SC)cc1. The molecule has 0 saturated carbocycles. The van der Waals surface area contributed by atoms with Crippen LogP contribution in [-0.4, -0.2) is 44.5 Å². The average Bonchev–Trinajstić information content (AvgIpc) is 2.47. The molecule has 1 amide bonds. The number of thioether (sulfide) groups is 1. The van der Waals surface area contributed by atoms with Crippen LogP contribution in [0, 0.1) is 0 Å². The summed E-state index contributed by atoms with van der Waals surface area (Å²) in [5.74, 6) is -0.844. The van der Waals surface area contributed by atoms with Crippen molar-refractivity contribution in [1.29, 1.82) is 0 Å². The van der Waals surface area contributed by atoms with Gasteiger partial charge in [0.15, 0.2) is 6.10 Å². The molecule has 0 aliphatic carbocycles. The summed E-state index contributed by atoms with van der Waals surface area (Å²) in [4.78, 5) is 24.6. The van der Waals surface area contributed by atoms with Gasteiger partial charge in [0.25, 0.3) is 5.91 Å². The van der Waals surface area contributed by atoms with Gasteiger partial charge >= 0.3 is 5.97 Å². The van der Waals surface area contributed by atoms with E-state index in [0.29, 0.717) is 18.7 Å². The minimum atomic E-state index is -0.834. The summed E-state index contributed by atoms with van der Waals surface area (Å²) < 4.78 is 9.92. The zero-order chi connectivity index (χ0) is 15.0. The molecule has 1 aromatic rings. The summed E-state index contributed by atoms with van der Waals surface area (Å²) >= 11 is 1.59. The minimum Gasteiger partial charge on any atom is -0.449 e. The number of esters is 1. The molecular weight excluding hydrogens is 278 g/mol. The van der Waals surface area contributed by atoms with Gasteiger partial charge in [-0.2, -0.15) is 0 Å². The van der Waals surface area contributed by atoms with E-state index in [1.165, 1.54) is 6.92 Å². The van der Waals surface area contributed by atoms with Gasteiger partial charge in [0.05, 0.1) is 12.2 Å². The molecule has 1 rings (SSSR count). The Labute approximate surface area is 123 Å². The van der Waals surface area contributed by atoms with Crippen LogP contribution in [0.5, 0.6) is 0 Å². The Morgan fingerprint density at radius 3 is 2.50 bits per heavy atom. The van der Waals surface area contributed by atoms with Gasteiger partial charge in [-0.05, 0) is 37.4 Å². The number of amides is 1. The molecule has 0 heterocycles. The molecule has 110 valence electrons. The van der Waals surface area contributed by atoms with Crippen molar-refractivity contribution in [2.75, 3.05) is 26.5 Å². The number of benzene rings is 1. The summed E-state index contributed by atoms with van der Waals surface area (Å²) in [5, 5.41) is 2.61. The quantitative estimate of drug-likeness (QED) is 0.471. The molecule has 5 nitrogen and oxygen atoms in total. The second kappa shape index (κ2) is 8.60. The molecule has 0 unspecified atom stereocenters. The fraction of sp³-hybridized carbons (Fsp3) is 0.429. The fourth-order valence-electron chi connectivity index (χ4n) is 1.43. The highest BCUT2D eigenvalue weighted by atomic mass is 32.2. The fourth-order valence-corrected chi connectivity index (χ4v) is 1.84. The standard InChI is InChI=1S/C14H19NO4S/c1-10(13(16)15-8-9-18-2)19-14(17)11-4-6-12(20-3)7-5-11/h4-7,10H,8-9H2,1-3H3,(H,15,16)/t10-/m0/s1. The lowest BCUT2D eigenvalue weighted by molar-refractivity contribution is -0.129. The molecule has 0 aromatic heterocycles. The van der Waals surface area contributed by atoms with Crippen molar-refractivity contribution in [1.82, 2.24) is 5.32 Å². The first-order valence-corrected chi connectivity index (χ1v) is 7.42. The van der Waals surface area contributed by atoms with Crippen molar-refractivity contribution < 1.29 is 19.1 Å². The molecule has 20 heavy (non-hydrogen) atoms. The van der Waals surface area contributed by atoms with Gasteiger partial charge in [0, 0.05) is 18.6 Å². The highest BCUT2D eigenvalue weighted by Gasteiger charge is 2.18. The van der Waals surface area contributed by atoms with Gasteiger partial charge in [0.1, 0.15) is 0 Å². The minimum absolute atomic E-state index is 0.337. The lowest BCUT2D eigenvalue weighted by Crippen LogP contribution is -2.37. The van der Waals surface area contributed by atoms with E-state index in [9.17, 15) is 9.59 Å². The molecule has 0 saturated heterocycles. The summed E-state index contributed by atoms with van der Waals surface area (Å²) in [6, 6.07) is 7.04. The molecule has 0 aliphatic rings. The zero-order valence-corrected chi connectivity index (χ0v) is 12.7. The number of ether oxygens (including phenoxy) is 2. The first-order chi connectivity index (χ1) is 9.58. The van der Waals surface area contributed by atoms with Gasteiger partial charge in [-0.25, -0.2) is 4.79 Å². The molecule has 0 aliphatic heterocycles. The van der Waals surface area contributed by atoms with Crippen LogP contribution in [0.25, 0.3) is 0 Å². The third-order valence-corrected chi connectivity index (χ3v) is 3.33. The predicted octanol–water partition coefficient (Wildman–Crippen LogP) is 1.72. The van der Waals surface area contributed by atoms with Crippen LogP contribution in [0.4, 0.5) is 0 Å². The van der Waals surface area contributed by atoms with Crippen molar-refractivity contribution in [3.05, 3.63) is 29.8 Å². The Kier molecular flexibility index (Phi) is 7.11. The molecule has 0 spiro atoms. The number of carbonyl (C=O) groups is 2. The van der Waals surface area contributed by atoms with E-state index in [0.717, 1.165) is 4.90 Å². The van der Waals surface area contributed by atoms with Gasteiger partial charge < -0.3 is 14.8 Å². The number of methoxy groups -OCH3 is 1. The van der Waals surface area contributed by atoms with E-state index in [2.05, 4.69) is 5.32 Å². The third kappa shape index (κ3) is 5.22. The topological polar surface area (TPSA) is 64.6 Å². The molecule has 1 atom stereocenters. The largest absolute Gasteiger partial charge is 0.449 e. The molecule has 6 heteroatoms. The molecule has 0 fully saturated rings. The highest BCUT2D eigenvalue weighted by Crippen LogP contribution is 2.15. The lowest BCUT2D eigenvalue weighted by Gasteiger charge is -2.13. The monoisotopic (exact) mass is 297 g/mol. The second-order valence-corrected chi connectivity index (χ2v) is 4.94. The van der Waals surface area contributed by atoms with Crippen molar-refractivity contribution in [3.8, 4) is 0 Å². The number of rotatable bonds is 7. The maximum absolute atomic E-state index is 11.9. The lowest BCUT2D eigenvalue weighted by atomic mass is 10.2. The van der Waals surface area contributed by atoms with Crippen LogP contribution >= 0.6 is 11.8 Å². The van der Waals surface area contributed by atoms with Crippen LogP contribution in [0.1, 0.15) is 17.3 Å². The Morgan fingerprint density at radius 1 is 1.30 bits per heavy atom. The number of nitrogens with one attached hydrogen (secondary N) is 1. The van der Waals surface area contributed by atoms with Crippen LogP contribution in [0.3, 0.4) is 0 Å². The Balaban J connectivity index is 2.49. The summed E-state index contributed by atoms with van der Waals surface area (Å²) in [6.45, 7) is 2.35. The van der Waals surface area contributed by atoms with Crippen molar-refractivity contribution in [2.45, 2.75) is 17.9 Å². The molecular formula is C14H19NO4S. The van der Waals surface area contributed by atoms with Crippen LogP contribution in [-0.2, 0) is 14.3 Å². The molecule has 0 radical (unpaired) electrons. The highest BCUT2D eigenvalue weighted by molar-refractivity contribution is 7.98. The Hall–Kier alpha value is -1.53. The van der Waals surface area contributed by atoms with E-state index in [4.69, 9.17) is 9.47 Å². The number of carbonyl (C=O) groups excluding carboxylic acids is 2. The van der Waals surface area contributed by atoms with Crippen molar-refractivity contribution >= 4 is 23.6 Å². The van der Waals surface area contributed by atoms with E-state index in [1.807, 2.05) is 18.4 Å². The van der Waals surface area contributed by atoms with Gasteiger partial charge in [-0.1, -0.05) is 0 Å². The predicted molar refractivity (Wildman–Crippen MR) is 78.0 cm³/mol. The first-order valence-electron chi connectivity index (χ1n) is 6.20. The van der Waals surface area contributed by atoms with Crippen molar-refractivity contribution in [2.24, 2.45) is 0 Å². The molecule has 1 N–H and O–H groups in total. The van der Waals surface area contributed by atoms with Crippen LogP contribution < -0.4 is 5.32 Å². The third-order valence-electron chi connectivity index (χ3n) is 2.58. The van der Waals surface area contributed by atoms with Crippen LogP contribution in [0.15, 0.2) is 29.2 Å². The van der Waals surface area contributed by atoms with Gasteiger partial charge in [-0.15, -0.1) is 11.8 Å². The van der Waals surface area contributed by atoms with Gasteiger partial charge in [-0.3, -0.25) is 4.79 Å². The summed E-state index contributed by atoms with van der Waals surface area (Å²) in [7, 11) is 1.55. The summed E-state index contributed by atoms with van der Waals surface area (Å²) in [5.41, 5.74) is 0.430. The van der Waals surface area contributed by atoms with E-state index in [-0.39, 0.29) is 5.91 Å². The Morgan fingerprint density at radius 2 is 1.95 bits per heavy atom. The maximum atomic E-state index is 11.9.